The lowest BCUT2D eigenvalue weighted by atomic mass is 10.1. The Bertz CT molecular complexity index is 525. The molecule has 2 aromatic rings. The molecule has 0 aliphatic carbocycles. The fourth-order valence-electron chi connectivity index (χ4n) is 1.86. The normalized spacial score (nSPS) is 14.6. The predicted molar refractivity (Wildman–Crippen MR) is 57.1 cm³/mol. The molecule has 1 aromatic heterocycles. The fourth-order valence-corrected chi connectivity index (χ4v) is 1.86. The highest BCUT2D eigenvalue weighted by Gasteiger charge is 2.16. The van der Waals surface area contributed by atoms with Gasteiger partial charge >= 0.3 is 0 Å². The van der Waals surface area contributed by atoms with E-state index in [0.717, 1.165) is 40.9 Å². The summed E-state index contributed by atoms with van der Waals surface area (Å²) in [6.07, 6.45) is 3.80. The first-order valence-electron chi connectivity index (χ1n) is 4.68. The molecule has 14 heavy (non-hydrogen) atoms. The summed E-state index contributed by atoms with van der Waals surface area (Å²) in [6.45, 7) is 0. The topological polar surface area (TPSA) is 51.5 Å². The molecule has 1 aliphatic heterocycles. The minimum absolute atomic E-state index is 0.742. The molecule has 0 amide bonds. The van der Waals surface area contributed by atoms with Crippen LogP contribution in [-0.4, -0.2) is 6.21 Å². The number of nitrogens with two attached hydrogens (primary N) is 1. The summed E-state index contributed by atoms with van der Waals surface area (Å²) in [5.74, 6) is 0.959. The molecule has 0 saturated heterocycles. The number of furan rings is 1. The van der Waals surface area contributed by atoms with E-state index in [2.05, 4.69) is 4.99 Å². The number of nitrogen functional groups attached to an aromatic ring is 1. The number of hydrogen-bond donors (Lipinski definition) is 1. The Hall–Kier alpha value is -1.77. The van der Waals surface area contributed by atoms with Gasteiger partial charge in [-0.25, -0.2) is 0 Å². The minimum atomic E-state index is 0.742. The Balaban J connectivity index is 2.45. The third-order valence-corrected chi connectivity index (χ3v) is 2.51. The molecular formula is C11H10N2O. The quantitative estimate of drug-likeness (QED) is 0.643. The molecule has 1 aliphatic rings. The van der Waals surface area contributed by atoms with Crippen molar-refractivity contribution in [3.63, 3.8) is 0 Å². The molecule has 0 saturated carbocycles. The lowest BCUT2D eigenvalue weighted by Gasteiger charge is -2.01. The van der Waals surface area contributed by atoms with E-state index in [1.165, 1.54) is 0 Å². The van der Waals surface area contributed by atoms with Gasteiger partial charge in [-0.1, -0.05) is 6.07 Å². The molecule has 0 atom stereocenters. The van der Waals surface area contributed by atoms with Crippen molar-refractivity contribution in [2.45, 2.75) is 12.8 Å². The molecule has 0 spiro atoms. The lowest BCUT2D eigenvalue weighted by Crippen LogP contribution is -1.90. The van der Waals surface area contributed by atoms with Crippen LogP contribution >= 0.6 is 0 Å². The molecule has 0 fully saturated rings. The Morgan fingerprint density at radius 3 is 3.21 bits per heavy atom. The lowest BCUT2D eigenvalue weighted by molar-refractivity contribution is 0.551. The summed E-state index contributed by atoms with van der Waals surface area (Å²) >= 11 is 0. The minimum Gasteiger partial charge on any atom is -0.459 e. The van der Waals surface area contributed by atoms with Crippen molar-refractivity contribution >= 4 is 28.6 Å². The van der Waals surface area contributed by atoms with Gasteiger partial charge in [-0.2, -0.15) is 0 Å². The van der Waals surface area contributed by atoms with Crippen LogP contribution in [0.1, 0.15) is 12.2 Å². The second kappa shape index (κ2) is 2.61. The van der Waals surface area contributed by atoms with Gasteiger partial charge in [-0.05, 0) is 18.6 Å². The van der Waals surface area contributed by atoms with E-state index in [-0.39, 0.29) is 0 Å². The standard InChI is InChI=1S/C11H10N2O/c12-7-3-1-4-8-10(7)11-9(14-8)5-2-6-13-11/h1,3-4,6H,2,5,12H2. The summed E-state index contributed by atoms with van der Waals surface area (Å²) in [6, 6.07) is 5.71. The molecule has 2 heterocycles. The molecule has 70 valence electrons. The van der Waals surface area contributed by atoms with E-state index < -0.39 is 0 Å². The zero-order valence-corrected chi connectivity index (χ0v) is 7.66. The number of aryl methyl sites for hydroxylation is 1. The van der Waals surface area contributed by atoms with E-state index in [4.69, 9.17) is 10.2 Å². The fraction of sp³-hybridized carbons (Fsp3) is 0.182. The van der Waals surface area contributed by atoms with Crippen LogP contribution in [-0.2, 0) is 6.42 Å². The van der Waals surface area contributed by atoms with Gasteiger partial charge in [-0.15, -0.1) is 0 Å². The highest BCUT2D eigenvalue weighted by atomic mass is 16.3. The SMILES string of the molecule is Nc1cccc2oc3c(c12)N=CCC3. The van der Waals surface area contributed by atoms with Gasteiger partial charge in [0.15, 0.2) is 0 Å². The van der Waals surface area contributed by atoms with Crippen molar-refractivity contribution in [1.82, 2.24) is 0 Å². The van der Waals surface area contributed by atoms with Crippen molar-refractivity contribution < 1.29 is 4.42 Å². The van der Waals surface area contributed by atoms with Gasteiger partial charge in [0.1, 0.15) is 17.0 Å². The van der Waals surface area contributed by atoms with Crippen LogP contribution in [0, 0.1) is 0 Å². The number of benzene rings is 1. The van der Waals surface area contributed by atoms with Gasteiger partial charge in [0, 0.05) is 18.3 Å². The van der Waals surface area contributed by atoms with Crippen molar-refractivity contribution in [3.05, 3.63) is 24.0 Å². The smallest absolute Gasteiger partial charge is 0.138 e. The molecular weight excluding hydrogens is 176 g/mol. The van der Waals surface area contributed by atoms with Crippen LogP contribution in [0.2, 0.25) is 0 Å². The van der Waals surface area contributed by atoms with E-state index in [0.29, 0.717) is 0 Å². The first-order chi connectivity index (χ1) is 6.86. The third kappa shape index (κ3) is 0.894. The number of hydrogen-bond acceptors (Lipinski definition) is 3. The Kier molecular flexibility index (Phi) is 1.42. The maximum Gasteiger partial charge on any atom is 0.138 e. The van der Waals surface area contributed by atoms with Gasteiger partial charge in [0.2, 0.25) is 0 Å². The summed E-state index contributed by atoms with van der Waals surface area (Å²) in [7, 11) is 0. The summed E-state index contributed by atoms with van der Waals surface area (Å²) < 4.78 is 5.68. The number of nitrogens with zero attached hydrogens (tertiary/aromatic N) is 1. The molecule has 0 bridgehead atoms. The average Bonchev–Trinajstić information content (AvgIpc) is 2.57. The second-order valence-corrected chi connectivity index (χ2v) is 3.44. The van der Waals surface area contributed by atoms with Gasteiger partial charge in [0.05, 0.1) is 5.39 Å². The number of rotatable bonds is 0. The maximum atomic E-state index is 5.89. The highest BCUT2D eigenvalue weighted by molar-refractivity contribution is 6.01. The summed E-state index contributed by atoms with van der Waals surface area (Å²) in [5.41, 5.74) is 8.40. The first kappa shape index (κ1) is 7.62. The Morgan fingerprint density at radius 2 is 2.29 bits per heavy atom. The van der Waals surface area contributed by atoms with Gasteiger partial charge in [0.25, 0.3) is 0 Å². The van der Waals surface area contributed by atoms with Gasteiger partial charge in [-0.3, -0.25) is 4.99 Å². The zero-order chi connectivity index (χ0) is 9.54. The maximum absolute atomic E-state index is 5.89. The first-order valence-corrected chi connectivity index (χ1v) is 4.68. The van der Waals surface area contributed by atoms with Crippen molar-refractivity contribution in [2.75, 3.05) is 5.73 Å². The second-order valence-electron chi connectivity index (χ2n) is 3.44. The van der Waals surface area contributed by atoms with E-state index in [1.807, 2.05) is 24.4 Å². The molecule has 2 N–H and O–H groups in total. The van der Waals surface area contributed by atoms with Crippen LogP contribution in [0.3, 0.4) is 0 Å². The van der Waals surface area contributed by atoms with Crippen LogP contribution in [0.4, 0.5) is 11.4 Å². The van der Waals surface area contributed by atoms with E-state index in [1.54, 1.807) is 0 Å². The summed E-state index contributed by atoms with van der Waals surface area (Å²) in [5, 5.41) is 0.957. The third-order valence-electron chi connectivity index (χ3n) is 2.51. The number of aliphatic imine (C=N–C) groups is 1. The predicted octanol–water partition coefficient (Wildman–Crippen LogP) is 2.66. The molecule has 3 heteroatoms. The van der Waals surface area contributed by atoms with Crippen LogP contribution in [0.25, 0.3) is 11.0 Å². The van der Waals surface area contributed by atoms with Crippen LogP contribution < -0.4 is 5.73 Å². The van der Waals surface area contributed by atoms with Crippen LogP contribution in [0.15, 0.2) is 27.6 Å². The molecule has 3 nitrogen and oxygen atoms in total. The zero-order valence-electron chi connectivity index (χ0n) is 7.66. The average molecular weight is 186 g/mol. The van der Waals surface area contributed by atoms with Crippen molar-refractivity contribution in [1.29, 1.82) is 0 Å². The Morgan fingerprint density at radius 1 is 1.36 bits per heavy atom. The molecule has 3 rings (SSSR count). The summed E-state index contributed by atoms with van der Waals surface area (Å²) in [4.78, 5) is 4.34. The highest BCUT2D eigenvalue weighted by Crippen LogP contribution is 2.38. The number of anilines is 1. The molecule has 0 radical (unpaired) electrons. The monoisotopic (exact) mass is 186 g/mol. The largest absolute Gasteiger partial charge is 0.459 e. The van der Waals surface area contributed by atoms with Gasteiger partial charge < -0.3 is 10.2 Å². The number of fused-ring (bicyclic) bond motifs is 3. The van der Waals surface area contributed by atoms with E-state index >= 15 is 0 Å². The molecule has 0 unspecified atom stereocenters. The van der Waals surface area contributed by atoms with Crippen LogP contribution in [0.5, 0.6) is 0 Å². The Labute approximate surface area is 81.2 Å². The molecule has 1 aromatic carbocycles. The van der Waals surface area contributed by atoms with Crippen molar-refractivity contribution in [2.24, 2.45) is 4.99 Å². The van der Waals surface area contributed by atoms with Crippen molar-refractivity contribution in [3.8, 4) is 0 Å². The van der Waals surface area contributed by atoms with E-state index in [9.17, 15) is 0 Å².